The Morgan fingerprint density at radius 2 is 1.48 bits per heavy atom. The fraction of sp³-hybridized carbons (Fsp3) is 0.812. The molecule has 0 bridgehead atoms. The third kappa shape index (κ3) is 6.08. The standard InChI is InChI=1S/C16H27NO6/c1-10-8-11(12(18)21-9-10)17(13(19)22-15(2,3)4)14(20)23-16(5,6)7/h10-11H,8-9H2,1-7H3/t10-,11-/m0/s1. The van der Waals surface area contributed by atoms with E-state index in [-0.39, 0.29) is 12.5 Å². The Labute approximate surface area is 137 Å². The number of carbonyl (C=O) groups is 3. The summed E-state index contributed by atoms with van der Waals surface area (Å²) in [5, 5.41) is 0. The maximum Gasteiger partial charge on any atom is 0.420 e. The lowest BCUT2D eigenvalue weighted by atomic mass is 9.99. The van der Waals surface area contributed by atoms with Crippen LogP contribution in [0.15, 0.2) is 0 Å². The first-order chi connectivity index (χ1) is 10.3. The van der Waals surface area contributed by atoms with E-state index in [0.717, 1.165) is 4.90 Å². The number of amides is 2. The lowest BCUT2D eigenvalue weighted by molar-refractivity contribution is -0.157. The number of cyclic esters (lactones) is 1. The average Bonchev–Trinajstić information content (AvgIpc) is 2.29. The zero-order valence-electron chi connectivity index (χ0n) is 15.0. The van der Waals surface area contributed by atoms with Gasteiger partial charge in [-0.05, 0) is 53.9 Å². The molecule has 0 aromatic rings. The largest absolute Gasteiger partial charge is 0.464 e. The fourth-order valence-corrected chi connectivity index (χ4v) is 2.03. The Morgan fingerprint density at radius 1 is 1.04 bits per heavy atom. The molecule has 1 aliphatic heterocycles. The Balaban J connectivity index is 3.07. The van der Waals surface area contributed by atoms with E-state index in [1.54, 1.807) is 41.5 Å². The Bertz CT molecular complexity index is 446. The Morgan fingerprint density at radius 3 is 1.87 bits per heavy atom. The molecule has 0 aliphatic carbocycles. The average molecular weight is 329 g/mol. The molecule has 1 rings (SSSR count). The summed E-state index contributed by atoms with van der Waals surface area (Å²) >= 11 is 0. The fourth-order valence-electron chi connectivity index (χ4n) is 2.03. The number of carbonyl (C=O) groups excluding carboxylic acids is 3. The van der Waals surface area contributed by atoms with Crippen molar-refractivity contribution < 1.29 is 28.6 Å². The van der Waals surface area contributed by atoms with Gasteiger partial charge in [-0.1, -0.05) is 6.92 Å². The molecule has 1 saturated heterocycles. The summed E-state index contributed by atoms with van der Waals surface area (Å²) in [5.74, 6) is -0.593. The van der Waals surface area contributed by atoms with Gasteiger partial charge in [0.25, 0.3) is 0 Å². The van der Waals surface area contributed by atoms with Crippen molar-refractivity contribution in [2.75, 3.05) is 6.61 Å². The number of esters is 1. The van der Waals surface area contributed by atoms with Crippen molar-refractivity contribution in [3.05, 3.63) is 0 Å². The third-order valence-electron chi connectivity index (χ3n) is 2.90. The predicted octanol–water partition coefficient (Wildman–Crippen LogP) is 3.11. The topological polar surface area (TPSA) is 82.1 Å². The molecule has 132 valence electrons. The highest BCUT2D eigenvalue weighted by molar-refractivity contribution is 5.94. The van der Waals surface area contributed by atoms with Crippen LogP contribution in [0, 0.1) is 5.92 Å². The molecule has 2 atom stereocenters. The lowest BCUT2D eigenvalue weighted by Crippen LogP contribution is -2.54. The van der Waals surface area contributed by atoms with Crippen LogP contribution in [0.3, 0.4) is 0 Å². The second-order valence-electron chi connectivity index (χ2n) is 7.82. The highest BCUT2D eigenvalue weighted by Crippen LogP contribution is 2.24. The van der Waals surface area contributed by atoms with E-state index in [1.807, 2.05) is 6.92 Å². The summed E-state index contributed by atoms with van der Waals surface area (Å²) in [6.45, 7) is 12.2. The van der Waals surface area contributed by atoms with Crippen LogP contribution >= 0.6 is 0 Å². The number of ether oxygens (including phenoxy) is 3. The zero-order valence-corrected chi connectivity index (χ0v) is 15.0. The van der Waals surface area contributed by atoms with Crippen LogP contribution in [0.5, 0.6) is 0 Å². The van der Waals surface area contributed by atoms with E-state index in [2.05, 4.69) is 0 Å². The van der Waals surface area contributed by atoms with Crippen LogP contribution in [-0.4, -0.2) is 46.9 Å². The molecule has 2 amide bonds. The molecule has 7 heteroatoms. The van der Waals surface area contributed by atoms with Gasteiger partial charge in [-0.25, -0.2) is 14.4 Å². The number of imide groups is 1. The third-order valence-corrected chi connectivity index (χ3v) is 2.90. The van der Waals surface area contributed by atoms with Gasteiger partial charge in [-0.3, -0.25) is 0 Å². The van der Waals surface area contributed by atoms with Crippen LogP contribution in [0.25, 0.3) is 0 Å². The van der Waals surface area contributed by atoms with Crippen molar-refractivity contribution in [1.29, 1.82) is 0 Å². The van der Waals surface area contributed by atoms with E-state index in [1.165, 1.54) is 0 Å². The summed E-state index contributed by atoms with van der Waals surface area (Å²) in [5.41, 5.74) is -1.61. The molecule has 1 heterocycles. The van der Waals surface area contributed by atoms with Crippen LogP contribution in [0.2, 0.25) is 0 Å². The number of hydrogen-bond acceptors (Lipinski definition) is 6. The van der Waals surface area contributed by atoms with Crippen molar-refractivity contribution in [2.45, 2.75) is 72.1 Å². The summed E-state index contributed by atoms with van der Waals surface area (Å²) in [6, 6.07) is -1.04. The molecule has 1 aliphatic rings. The normalized spacial score (nSPS) is 22.1. The first-order valence-corrected chi connectivity index (χ1v) is 7.72. The highest BCUT2D eigenvalue weighted by atomic mass is 16.6. The van der Waals surface area contributed by atoms with Gasteiger partial charge in [0.2, 0.25) is 0 Å². The van der Waals surface area contributed by atoms with Gasteiger partial charge in [0.15, 0.2) is 0 Å². The second-order valence-corrected chi connectivity index (χ2v) is 7.82. The Hall–Kier alpha value is -1.79. The molecule has 0 aromatic carbocycles. The smallest absolute Gasteiger partial charge is 0.420 e. The van der Waals surface area contributed by atoms with E-state index < -0.39 is 35.4 Å². The maximum absolute atomic E-state index is 12.4. The van der Waals surface area contributed by atoms with Gasteiger partial charge < -0.3 is 14.2 Å². The molecule has 0 unspecified atom stereocenters. The monoisotopic (exact) mass is 329 g/mol. The molecule has 0 saturated carbocycles. The first-order valence-electron chi connectivity index (χ1n) is 7.72. The minimum absolute atomic E-state index is 0.0325. The quantitative estimate of drug-likeness (QED) is 0.543. The minimum Gasteiger partial charge on any atom is -0.464 e. The van der Waals surface area contributed by atoms with Crippen molar-refractivity contribution >= 4 is 18.2 Å². The van der Waals surface area contributed by atoms with Crippen molar-refractivity contribution in [1.82, 2.24) is 4.90 Å². The van der Waals surface area contributed by atoms with Gasteiger partial charge in [0.05, 0.1) is 6.61 Å². The predicted molar refractivity (Wildman–Crippen MR) is 82.8 cm³/mol. The summed E-state index contributed by atoms with van der Waals surface area (Å²) < 4.78 is 15.5. The van der Waals surface area contributed by atoms with E-state index >= 15 is 0 Å². The summed E-state index contributed by atoms with van der Waals surface area (Å²) in [4.78, 5) is 37.6. The summed E-state index contributed by atoms with van der Waals surface area (Å²) in [6.07, 6.45) is -1.51. The number of hydrogen-bond donors (Lipinski definition) is 0. The van der Waals surface area contributed by atoms with Gasteiger partial charge >= 0.3 is 18.2 Å². The van der Waals surface area contributed by atoms with Crippen LogP contribution < -0.4 is 0 Å². The minimum atomic E-state index is -1.04. The van der Waals surface area contributed by atoms with Crippen molar-refractivity contribution in [3.8, 4) is 0 Å². The van der Waals surface area contributed by atoms with E-state index in [4.69, 9.17) is 14.2 Å². The SMILES string of the molecule is C[C@@H]1COC(=O)[C@@H](N(C(=O)OC(C)(C)C)C(=O)OC(C)(C)C)C1. The van der Waals surface area contributed by atoms with Gasteiger partial charge in [0.1, 0.15) is 17.2 Å². The zero-order chi connectivity index (χ0) is 18.0. The summed E-state index contributed by atoms with van der Waals surface area (Å²) in [7, 11) is 0. The lowest BCUT2D eigenvalue weighted by Gasteiger charge is -2.35. The van der Waals surface area contributed by atoms with Gasteiger partial charge in [0, 0.05) is 0 Å². The van der Waals surface area contributed by atoms with Crippen LogP contribution in [0.4, 0.5) is 9.59 Å². The molecule has 0 aromatic heterocycles. The molecule has 0 spiro atoms. The molecule has 1 fully saturated rings. The first kappa shape index (κ1) is 19.3. The molecule has 0 radical (unpaired) electrons. The molecule has 23 heavy (non-hydrogen) atoms. The van der Waals surface area contributed by atoms with E-state index in [0.29, 0.717) is 6.42 Å². The van der Waals surface area contributed by atoms with Crippen molar-refractivity contribution in [3.63, 3.8) is 0 Å². The Kier molecular flexibility index (Phi) is 5.66. The van der Waals surface area contributed by atoms with Gasteiger partial charge in [-0.2, -0.15) is 4.90 Å². The number of nitrogens with zero attached hydrogens (tertiary/aromatic N) is 1. The van der Waals surface area contributed by atoms with Gasteiger partial charge in [-0.15, -0.1) is 0 Å². The molecular formula is C16H27NO6. The van der Waals surface area contributed by atoms with Crippen LogP contribution in [-0.2, 0) is 19.0 Å². The van der Waals surface area contributed by atoms with Crippen molar-refractivity contribution in [2.24, 2.45) is 5.92 Å². The second kappa shape index (κ2) is 6.76. The molecular weight excluding hydrogens is 302 g/mol. The highest BCUT2D eigenvalue weighted by Gasteiger charge is 2.43. The maximum atomic E-state index is 12.4. The van der Waals surface area contributed by atoms with E-state index in [9.17, 15) is 14.4 Å². The van der Waals surface area contributed by atoms with Crippen LogP contribution in [0.1, 0.15) is 54.9 Å². The molecule has 0 N–H and O–H groups in total. The number of rotatable bonds is 1. The molecule has 7 nitrogen and oxygen atoms in total.